The molecule has 0 saturated heterocycles. The molecule has 108 valence electrons. The molecule has 20 heavy (non-hydrogen) atoms. The van der Waals surface area contributed by atoms with Crippen molar-refractivity contribution in [1.82, 2.24) is 25.3 Å². The molecular weight excluding hydrogens is 271 g/mol. The Morgan fingerprint density at radius 3 is 2.50 bits per heavy atom. The lowest BCUT2D eigenvalue weighted by Gasteiger charge is -2.17. The van der Waals surface area contributed by atoms with E-state index in [-0.39, 0.29) is 6.04 Å². The topological polar surface area (TPSA) is 55.6 Å². The van der Waals surface area contributed by atoms with Crippen LogP contribution in [0.4, 0.5) is 13.2 Å². The summed E-state index contributed by atoms with van der Waals surface area (Å²) in [6.07, 6.45) is -1.98. The van der Waals surface area contributed by atoms with Crippen molar-refractivity contribution in [2.24, 2.45) is 7.05 Å². The van der Waals surface area contributed by atoms with Gasteiger partial charge < -0.3 is 5.32 Å². The molecule has 1 N–H and O–H groups in total. The predicted molar refractivity (Wildman–Crippen MR) is 65.8 cm³/mol. The first kappa shape index (κ1) is 14.4. The van der Waals surface area contributed by atoms with E-state index in [1.807, 2.05) is 6.92 Å². The van der Waals surface area contributed by atoms with E-state index in [1.165, 1.54) is 6.07 Å². The lowest BCUT2D eigenvalue weighted by Crippen LogP contribution is -2.25. The molecule has 0 aliphatic rings. The molecular formula is C12H14F3N5. The number of rotatable bonds is 4. The highest BCUT2D eigenvalue weighted by atomic mass is 19.4. The lowest BCUT2D eigenvalue weighted by molar-refractivity contribution is -0.137. The molecule has 1 unspecified atom stereocenters. The number of pyridine rings is 1. The molecule has 0 saturated carbocycles. The minimum Gasteiger partial charge on any atom is -0.304 e. The molecule has 0 fully saturated rings. The van der Waals surface area contributed by atoms with Gasteiger partial charge in [-0.25, -0.2) is 0 Å². The van der Waals surface area contributed by atoms with E-state index < -0.39 is 11.7 Å². The van der Waals surface area contributed by atoms with E-state index in [2.05, 4.69) is 20.6 Å². The largest absolute Gasteiger partial charge is 0.417 e. The maximum absolute atomic E-state index is 12.5. The summed E-state index contributed by atoms with van der Waals surface area (Å²) in [4.78, 5) is 3.91. The summed E-state index contributed by atoms with van der Waals surface area (Å²) >= 11 is 0. The molecule has 2 aromatic rings. The van der Waals surface area contributed by atoms with Gasteiger partial charge in [0.15, 0.2) is 0 Å². The normalized spacial score (nSPS) is 13.4. The Kier molecular flexibility index (Phi) is 4.03. The molecule has 0 aromatic carbocycles. The summed E-state index contributed by atoms with van der Waals surface area (Å²) < 4.78 is 39.1. The molecule has 5 nitrogen and oxygen atoms in total. The standard InChI is InChI=1S/C12H14F3N5/c1-3-16-11(10-7-18-19-20(10)2)9-5-4-8(6-17-9)12(13,14)15/h4-7,11,16H,3H2,1-2H3. The molecule has 2 rings (SSSR count). The van der Waals surface area contributed by atoms with Crippen molar-refractivity contribution in [3.63, 3.8) is 0 Å². The minimum absolute atomic E-state index is 0.345. The second-order valence-electron chi connectivity index (χ2n) is 4.24. The number of aromatic nitrogens is 4. The summed E-state index contributed by atoms with van der Waals surface area (Å²) in [5.41, 5.74) is 0.462. The zero-order valence-electron chi connectivity index (χ0n) is 11.0. The first-order chi connectivity index (χ1) is 9.43. The highest BCUT2D eigenvalue weighted by molar-refractivity contribution is 5.24. The fourth-order valence-electron chi connectivity index (χ4n) is 1.87. The molecule has 8 heteroatoms. The highest BCUT2D eigenvalue weighted by Gasteiger charge is 2.31. The van der Waals surface area contributed by atoms with Crippen molar-refractivity contribution in [2.45, 2.75) is 19.1 Å². The van der Waals surface area contributed by atoms with Crippen molar-refractivity contribution < 1.29 is 13.2 Å². The number of nitrogens with one attached hydrogen (secondary N) is 1. The molecule has 2 heterocycles. The Labute approximate surface area is 113 Å². The van der Waals surface area contributed by atoms with Crippen molar-refractivity contribution in [1.29, 1.82) is 0 Å². The van der Waals surface area contributed by atoms with Gasteiger partial charge in [-0.3, -0.25) is 9.67 Å². The van der Waals surface area contributed by atoms with Crippen LogP contribution in [0.25, 0.3) is 0 Å². The van der Waals surface area contributed by atoms with Gasteiger partial charge in [-0.2, -0.15) is 13.2 Å². The monoisotopic (exact) mass is 285 g/mol. The van der Waals surface area contributed by atoms with Gasteiger partial charge in [0.2, 0.25) is 0 Å². The van der Waals surface area contributed by atoms with Crippen LogP contribution in [0.15, 0.2) is 24.5 Å². The van der Waals surface area contributed by atoms with Crippen LogP contribution >= 0.6 is 0 Å². The first-order valence-electron chi connectivity index (χ1n) is 6.04. The summed E-state index contributed by atoms with van der Waals surface area (Å²) in [7, 11) is 1.72. The quantitative estimate of drug-likeness (QED) is 0.932. The zero-order valence-corrected chi connectivity index (χ0v) is 11.0. The van der Waals surface area contributed by atoms with Crippen LogP contribution in [0.5, 0.6) is 0 Å². The van der Waals surface area contributed by atoms with Crippen LogP contribution in [-0.2, 0) is 13.2 Å². The Morgan fingerprint density at radius 1 is 1.30 bits per heavy atom. The highest BCUT2D eigenvalue weighted by Crippen LogP contribution is 2.29. The van der Waals surface area contributed by atoms with Gasteiger partial charge in [0.05, 0.1) is 29.2 Å². The number of halogens is 3. The number of alkyl halides is 3. The third-order valence-electron chi connectivity index (χ3n) is 2.86. The fraction of sp³-hybridized carbons (Fsp3) is 0.417. The van der Waals surface area contributed by atoms with E-state index in [4.69, 9.17) is 0 Å². The Balaban J connectivity index is 2.33. The van der Waals surface area contributed by atoms with Gasteiger partial charge in [0.1, 0.15) is 0 Å². The maximum Gasteiger partial charge on any atom is 0.417 e. The number of nitrogens with zero attached hydrogens (tertiary/aromatic N) is 4. The Hall–Kier alpha value is -1.96. The molecule has 0 amide bonds. The third kappa shape index (κ3) is 2.96. The van der Waals surface area contributed by atoms with Crippen molar-refractivity contribution in [3.05, 3.63) is 41.5 Å². The lowest BCUT2D eigenvalue weighted by atomic mass is 10.1. The molecule has 1 atom stereocenters. The van der Waals surface area contributed by atoms with E-state index in [0.717, 1.165) is 18.0 Å². The van der Waals surface area contributed by atoms with Crippen LogP contribution in [0, 0.1) is 0 Å². The van der Waals surface area contributed by atoms with Gasteiger partial charge in [0.25, 0.3) is 0 Å². The summed E-state index contributed by atoms with van der Waals surface area (Å²) in [6.45, 7) is 2.54. The number of hydrogen-bond acceptors (Lipinski definition) is 4. The average molecular weight is 285 g/mol. The second kappa shape index (κ2) is 5.58. The third-order valence-corrected chi connectivity index (χ3v) is 2.86. The molecule has 0 spiro atoms. The molecule has 0 aliphatic heterocycles. The van der Waals surface area contributed by atoms with Crippen LogP contribution in [0.1, 0.15) is 29.9 Å². The van der Waals surface area contributed by atoms with Crippen molar-refractivity contribution >= 4 is 0 Å². The van der Waals surface area contributed by atoms with Gasteiger partial charge in [-0.1, -0.05) is 12.1 Å². The maximum atomic E-state index is 12.5. The molecule has 0 aliphatic carbocycles. The smallest absolute Gasteiger partial charge is 0.304 e. The van der Waals surface area contributed by atoms with Crippen molar-refractivity contribution in [2.75, 3.05) is 6.54 Å². The zero-order chi connectivity index (χ0) is 14.8. The van der Waals surface area contributed by atoms with Gasteiger partial charge in [0, 0.05) is 13.2 Å². The summed E-state index contributed by atoms with van der Waals surface area (Å²) in [5, 5.41) is 10.7. The number of hydrogen-bond donors (Lipinski definition) is 1. The van der Waals surface area contributed by atoms with Crippen LogP contribution < -0.4 is 5.32 Å². The van der Waals surface area contributed by atoms with Gasteiger partial charge in [-0.15, -0.1) is 5.10 Å². The minimum atomic E-state index is -4.38. The van der Waals surface area contributed by atoms with Crippen LogP contribution in [0.2, 0.25) is 0 Å². The van der Waals surface area contributed by atoms with E-state index in [1.54, 1.807) is 17.9 Å². The molecule has 0 radical (unpaired) electrons. The second-order valence-corrected chi connectivity index (χ2v) is 4.24. The predicted octanol–water partition coefficient (Wildman–Crippen LogP) is 1.93. The van der Waals surface area contributed by atoms with Gasteiger partial charge in [-0.05, 0) is 18.7 Å². The Bertz CT molecular complexity index is 561. The van der Waals surface area contributed by atoms with Crippen LogP contribution in [-0.4, -0.2) is 26.5 Å². The van der Waals surface area contributed by atoms with Crippen LogP contribution in [0.3, 0.4) is 0 Å². The van der Waals surface area contributed by atoms with Gasteiger partial charge >= 0.3 is 6.18 Å². The Morgan fingerprint density at radius 2 is 2.05 bits per heavy atom. The SMILES string of the molecule is CCNC(c1ccc(C(F)(F)F)cn1)c1cnnn1C. The summed E-state index contributed by atoms with van der Waals surface area (Å²) in [5.74, 6) is 0. The molecule has 2 aromatic heterocycles. The molecule has 0 bridgehead atoms. The average Bonchev–Trinajstić information content (AvgIpc) is 2.81. The van der Waals surface area contributed by atoms with Crippen molar-refractivity contribution in [3.8, 4) is 0 Å². The van der Waals surface area contributed by atoms with E-state index in [9.17, 15) is 13.2 Å². The van der Waals surface area contributed by atoms with E-state index >= 15 is 0 Å². The number of aryl methyl sites for hydroxylation is 1. The first-order valence-corrected chi connectivity index (χ1v) is 6.04. The summed E-state index contributed by atoms with van der Waals surface area (Å²) in [6, 6.07) is 2.04. The van der Waals surface area contributed by atoms with E-state index in [0.29, 0.717) is 12.2 Å². The fourth-order valence-corrected chi connectivity index (χ4v) is 1.87.